The molecule has 25 heavy (non-hydrogen) atoms. The van der Waals surface area contributed by atoms with Gasteiger partial charge in [-0.3, -0.25) is 9.59 Å². The molecule has 0 aromatic carbocycles. The van der Waals surface area contributed by atoms with Gasteiger partial charge in [0.15, 0.2) is 0 Å². The second-order valence-electron chi connectivity index (χ2n) is 10.0. The lowest BCUT2D eigenvalue weighted by atomic mass is 9.49. The molecule has 6 fully saturated rings. The number of nitrogens with one attached hydrogen (secondary N) is 1. The van der Waals surface area contributed by atoms with Gasteiger partial charge in [-0.25, -0.2) is 0 Å². The molecule has 2 amide bonds. The van der Waals surface area contributed by atoms with Gasteiger partial charge in [0.05, 0.1) is 0 Å². The van der Waals surface area contributed by atoms with E-state index < -0.39 is 0 Å². The van der Waals surface area contributed by atoms with Gasteiger partial charge in [-0.05, 0) is 87.4 Å². The number of piperidine rings is 1. The van der Waals surface area contributed by atoms with E-state index >= 15 is 0 Å². The summed E-state index contributed by atoms with van der Waals surface area (Å²) in [6.07, 6.45) is 12.3. The fourth-order valence-electron chi connectivity index (χ4n) is 6.88. The minimum absolute atomic E-state index is 0.122. The average molecular weight is 344 g/mol. The molecule has 1 heterocycles. The molecule has 0 atom stereocenters. The Hall–Kier alpha value is -1.06. The van der Waals surface area contributed by atoms with E-state index in [4.69, 9.17) is 0 Å². The third kappa shape index (κ3) is 3.10. The molecule has 0 spiro atoms. The van der Waals surface area contributed by atoms with Gasteiger partial charge in [-0.15, -0.1) is 0 Å². The quantitative estimate of drug-likeness (QED) is 0.852. The zero-order valence-corrected chi connectivity index (χ0v) is 15.3. The summed E-state index contributed by atoms with van der Waals surface area (Å²) >= 11 is 0. The van der Waals surface area contributed by atoms with Crippen LogP contribution < -0.4 is 5.32 Å². The Bertz CT molecular complexity index is 525. The molecule has 5 aliphatic carbocycles. The van der Waals surface area contributed by atoms with Gasteiger partial charge in [0.2, 0.25) is 11.8 Å². The summed E-state index contributed by atoms with van der Waals surface area (Å²) < 4.78 is 0. The molecule has 4 bridgehead atoms. The van der Waals surface area contributed by atoms with Gasteiger partial charge in [0.1, 0.15) is 0 Å². The second-order valence-corrected chi connectivity index (χ2v) is 10.0. The Morgan fingerprint density at radius 2 is 1.40 bits per heavy atom. The first-order valence-corrected chi connectivity index (χ1v) is 10.7. The number of amides is 2. The topological polar surface area (TPSA) is 49.4 Å². The highest BCUT2D eigenvalue weighted by Crippen LogP contribution is 2.59. The number of hydrogen-bond acceptors (Lipinski definition) is 2. The highest BCUT2D eigenvalue weighted by atomic mass is 16.2. The molecule has 1 N–H and O–H groups in total. The summed E-state index contributed by atoms with van der Waals surface area (Å²) in [6, 6.07) is 0. The Kier molecular flexibility index (Phi) is 3.87. The molecule has 1 aliphatic heterocycles. The Morgan fingerprint density at radius 3 is 1.92 bits per heavy atom. The van der Waals surface area contributed by atoms with Crippen LogP contribution >= 0.6 is 0 Å². The number of likely N-dealkylation sites (tertiary alicyclic amines) is 1. The van der Waals surface area contributed by atoms with E-state index in [1.54, 1.807) is 0 Å². The molecule has 138 valence electrons. The van der Waals surface area contributed by atoms with Crippen molar-refractivity contribution in [2.45, 2.75) is 64.2 Å². The van der Waals surface area contributed by atoms with E-state index in [9.17, 15) is 9.59 Å². The fraction of sp³-hybridized carbons (Fsp3) is 0.905. The van der Waals surface area contributed by atoms with Gasteiger partial charge in [0, 0.05) is 31.5 Å². The Labute approximate surface area is 151 Å². The van der Waals surface area contributed by atoms with Crippen molar-refractivity contribution in [3.8, 4) is 0 Å². The Balaban J connectivity index is 1.12. The number of carbonyl (C=O) groups excluding carboxylic acids is 2. The van der Waals surface area contributed by atoms with Crippen LogP contribution in [0.5, 0.6) is 0 Å². The summed E-state index contributed by atoms with van der Waals surface area (Å²) in [5.41, 5.74) is 0.424. The first-order valence-electron chi connectivity index (χ1n) is 10.7. The summed E-state index contributed by atoms with van der Waals surface area (Å²) in [6.45, 7) is 2.48. The molecule has 0 unspecified atom stereocenters. The molecular weight excluding hydrogens is 312 g/mol. The summed E-state index contributed by atoms with van der Waals surface area (Å²) in [4.78, 5) is 26.8. The van der Waals surface area contributed by atoms with Crippen LogP contribution in [0.2, 0.25) is 0 Å². The third-order valence-corrected chi connectivity index (χ3v) is 7.91. The normalized spacial score (nSPS) is 40.3. The van der Waals surface area contributed by atoms with Gasteiger partial charge in [-0.2, -0.15) is 0 Å². The van der Waals surface area contributed by atoms with Gasteiger partial charge >= 0.3 is 0 Å². The van der Waals surface area contributed by atoms with Gasteiger partial charge in [0.25, 0.3) is 0 Å². The lowest BCUT2D eigenvalue weighted by molar-refractivity contribution is -0.137. The van der Waals surface area contributed by atoms with Crippen molar-refractivity contribution in [2.24, 2.45) is 35.0 Å². The van der Waals surface area contributed by atoms with E-state index in [1.807, 2.05) is 4.90 Å². The summed E-state index contributed by atoms with van der Waals surface area (Å²) in [5.74, 6) is 3.86. The largest absolute Gasteiger partial charge is 0.355 e. The molecule has 5 saturated carbocycles. The second kappa shape index (κ2) is 5.99. The van der Waals surface area contributed by atoms with Crippen LogP contribution in [0.3, 0.4) is 0 Å². The van der Waals surface area contributed by atoms with E-state index in [2.05, 4.69) is 5.32 Å². The van der Waals surface area contributed by atoms with Crippen LogP contribution in [-0.2, 0) is 9.59 Å². The van der Waals surface area contributed by atoms with E-state index in [-0.39, 0.29) is 11.8 Å². The van der Waals surface area contributed by atoms with Crippen molar-refractivity contribution in [3.05, 3.63) is 0 Å². The predicted molar refractivity (Wildman–Crippen MR) is 95.6 cm³/mol. The third-order valence-electron chi connectivity index (χ3n) is 7.91. The molecule has 4 heteroatoms. The van der Waals surface area contributed by atoms with Crippen molar-refractivity contribution in [1.82, 2.24) is 10.2 Å². The first-order chi connectivity index (χ1) is 12.1. The minimum atomic E-state index is 0.122. The highest BCUT2D eigenvalue weighted by molar-refractivity contribution is 5.82. The van der Waals surface area contributed by atoms with Gasteiger partial charge < -0.3 is 10.2 Å². The first kappa shape index (κ1) is 16.1. The molecule has 6 aliphatic rings. The standard InChI is InChI=1S/C21H32N2O2/c24-19(17-3-5-23(6-4-17)20(25)18-1-2-18)22-13-21-10-14-7-15(11-21)9-16(8-14)12-21/h14-18H,1-13H2,(H,22,24). The van der Waals surface area contributed by atoms with Crippen molar-refractivity contribution in [2.75, 3.05) is 19.6 Å². The van der Waals surface area contributed by atoms with Crippen molar-refractivity contribution in [1.29, 1.82) is 0 Å². The van der Waals surface area contributed by atoms with Crippen molar-refractivity contribution < 1.29 is 9.59 Å². The van der Waals surface area contributed by atoms with Crippen LogP contribution in [0.15, 0.2) is 0 Å². The van der Waals surface area contributed by atoms with E-state index in [0.717, 1.165) is 63.1 Å². The zero-order chi connectivity index (χ0) is 17.0. The molecule has 6 rings (SSSR count). The zero-order valence-electron chi connectivity index (χ0n) is 15.3. The maximum Gasteiger partial charge on any atom is 0.225 e. The molecule has 1 saturated heterocycles. The minimum Gasteiger partial charge on any atom is -0.355 e. The van der Waals surface area contributed by atoms with Gasteiger partial charge in [-0.1, -0.05) is 0 Å². The van der Waals surface area contributed by atoms with Crippen molar-refractivity contribution >= 4 is 11.8 Å². The molecule has 0 aromatic heterocycles. The highest BCUT2D eigenvalue weighted by Gasteiger charge is 2.50. The van der Waals surface area contributed by atoms with Crippen LogP contribution in [0, 0.1) is 35.0 Å². The van der Waals surface area contributed by atoms with Crippen LogP contribution in [-0.4, -0.2) is 36.3 Å². The number of rotatable bonds is 4. The molecule has 4 nitrogen and oxygen atoms in total. The monoisotopic (exact) mass is 344 g/mol. The predicted octanol–water partition coefficient (Wildman–Crippen LogP) is 2.97. The van der Waals surface area contributed by atoms with Crippen molar-refractivity contribution in [3.63, 3.8) is 0 Å². The lowest BCUT2D eigenvalue weighted by Crippen LogP contribution is -2.52. The number of carbonyl (C=O) groups is 2. The maximum atomic E-state index is 12.7. The molecule has 0 aromatic rings. The fourth-order valence-corrected chi connectivity index (χ4v) is 6.88. The van der Waals surface area contributed by atoms with E-state index in [0.29, 0.717) is 17.2 Å². The Morgan fingerprint density at radius 1 is 0.840 bits per heavy atom. The molecule has 0 radical (unpaired) electrons. The van der Waals surface area contributed by atoms with Crippen LogP contribution in [0.4, 0.5) is 0 Å². The van der Waals surface area contributed by atoms with E-state index in [1.165, 1.54) is 38.5 Å². The SMILES string of the molecule is O=C(NCC12CC3CC(CC(C3)C1)C2)C1CCN(C(=O)C2CC2)CC1. The number of hydrogen-bond donors (Lipinski definition) is 1. The lowest BCUT2D eigenvalue weighted by Gasteiger charge is -2.57. The molecular formula is C21H32N2O2. The maximum absolute atomic E-state index is 12.7. The summed E-state index contributed by atoms with van der Waals surface area (Å²) in [5, 5.41) is 3.35. The average Bonchev–Trinajstić information content (AvgIpc) is 3.43. The number of nitrogens with zero attached hydrogens (tertiary/aromatic N) is 1. The smallest absolute Gasteiger partial charge is 0.225 e. The van der Waals surface area contributed by atoms with Crippen LogP contribution in [0.25, 0.3) is 0 Å². The van der Waals surface area contributed by atoms with Crippen LogP contribution in [0.1, 0.15) is 64.2 Å². The summed E-state index contributed by atoms with van der Waals surface area (Å²) in [7, 11) is 0.